The van der Waals surface area contributed by atoms with Gasteiger partial charge in [0, 0.05) is 31.3 Å². The Morgan fingerprint density at radius 3 is 2.45 bits per heavy atom. The predicted octanol–water partition coefficient (Wildman–Crippen LogP) is 7.19. The maximum atomic E-state index is 12.3. The average molecular weight is 415 g/mol. The molecule has 2 aromatic carbocycles. The zero-order valence-electron chi connectivity index (χ0n) is 18.5. The molecular formula is C29H34O2. The molecule has 0 bridgehead atoms. The average Bonchev–Trinajstić information content (AvgIpc) is 3.11. The van der Waals surface area contributed by atoms with Crippen molar-refractivity contribution >= 4 is 11.6 Å². The zero-order valence-corrected chi connectivity index (χ0v) is 18.5. The van der Waals surface area contributed by atoms with Crippen LogP contribution in [0.25, 0.3) is 0 Å². The Bertz CT molecular complexity index is 969. The summed E-state index contributed by atoms with van der Waals surface area (Å²) in [6, 6.07) is 16.2. The third-order valence-corrected chi connectivity index (χ3v) is 6.24. The number of allylic oxidation sites excluding steroid dienone is 1. The molecule has 2 aromatic rings. The lowest BCUT2D eigenvalue weighted by Gasteiger charge is -2.23. The Morgan fingerprint density at radius 1 is 1.10 bits per heavy atom. The third kappa shape index (κ3) is 6.05. The molecule has 2 nitrogen and oxygen atoms in total. The molecule has 162 valence electrons. The van der Waals surface area contributed by atoms with E-state index in [0.29, 0.717) is 5.56 Å². The highest BCUT2D eigenvalue weighted by atomic mass is 16.1. The van der Waals surface area contributed by atoms with Crippen LogP contribution in [0.5, 0.6) is 0 Å². The van der Waals surface area contributed by atoms with E-state index in [2.05, 4.69) is 55.7 Å². The summed E-state index contributed by atoms with van der Waals surface area (Å²) in [5.74, 6) is 7.45. The van der Waals surface area contributed by atoms with Crippen molar-refractivity contribution in [1.29, 1.82) is 0 Å². The molecule has 2 aliphatic carbocycles. The van der Waals surface area contributed by atoms with Crippen LogP contribution in [-0.2, 0) is 6.42 Å². The second-order valence-electron chi connectivity index (χ2n) is 8.37. The first-order chi connectivity index (χ1) is 15.1. The van der Waals surface area contributed by atoms with Crippen LogP contribution in [0.1, 0.15) is 91.1 Å². The monoisotopic (exact) mass is 414 g/mol. The molecule has 2 heteroatoms. The highest BCUT2D eigenvalue weighted by molar-refractivity contribution is 6.06. The van der Waals surface area contributed by atoms with E-state index in [9.17, 15) is 9.59 Å². The Kier molecular flexibility index (Phi) is 8.42. The van der Waals surface area contributed by atoms with Gasteiger partial charge in [0.1, 0.15) is 0 Å². The lowest BCUT2D eigenvalue weighted by atomic mass is 9.80. The maximum absolute atomic E-state index is 12.3. The van der Waals surface area contributed by atoms with E-state index in [1.54, 1.807) is 12.1 Å². The fourth-order valence-corrected chi connectivity index (χ4v) is 4.49. The summed E-state index contributed by atoms with van der Waals surface area (Å²) < 4.78 is 0. The number of aryl methyl sites for hydroxylation is 1. The van der Waals surface area contributed by atoms with Crippen molar-refractivity contribution in [1.82, 2.24) is 0 Å². The molecule has 0 radical (unpaired) electrons. The quantitative estimate of drug-likeness (QED) is 0.295. The van der Waals surface area contributed by atoms with E-state index in [0.717, 1.165) is 55.6 Å². The van der Waals surface area contributed by atoms with E-state index >= 15 is 0 Å². The smallest absolute Gasteiger partial charge is 0.185 e. The van der Waals surface area contributed by atoms with Gasteiger partial charge in [-0.1, -0.05) is 62.4 Å². The molecule has 0 fully saturated rings. The van der Waals surface area contributed by atoms with Crippen LogP contribution in [0.15, 0.2) is 61.2 Å². The molecule has 0 heterocycles. The van der Waals surface area contributed by atoms with Crippen LogP contribution in [0.2, 0.25) is 0 Å². The highest BCUT2D eigenvalue weighted by Gasteiger charge is 2.26. The van der Waals surface area contributed by atoms with E-state index in [-0.39, 0.29) is 18.9 Å². The number of carbonyl (C=O) groups is 2. The maximum Gasteiger partial charge on any atom is 0.185 e. The van der Waals surface area contributed by atoms with Crippen LogP contribution in [0, 0.1) is 17.8 Å². The molecule has 1 unspecified atom stereocenters. The first-order valence-electron chi connectivity index (χ1n) is 11.5. The minimum Gasteiger partial charge on any atom is -0.294 e. The van der Waals surface area contributed by atoms with Gasteiger partial charge < -0.3 is 0 Å². The molecule has 0 aliphatic heterocycles. The van der Waals surface area contributed by atoms with Crippen molar-refractivity contribution < 1.29 is 11.0 Å². The summed E-state index contributed by atoms with van der Waals surface area (Å²) in [5.41, 5.74) is 3.93. The first kappa shape index (κ1) is 22.8. The van der Waals surface area contributed by atoms with Gasteiger partial charge in [-0.3, -0.25) is 9.59 Å². The number of Topliss-reactive ketones (excluding diaryl/α,β-unsaturated/α-hetero) is 1. The molecule has 2 aliphatic rings. The largest absolute Gasteiger partial charge is 0.294 e. The van der Waals surface area contributed by atoms with Gasteiger partial charge in [0.05, 0.1) is 0 Å². The van der Waals surface area contributed by atoms with Crippen LogP contribution >= 0.6 is 0 Å². The molecule has 0 amide bonds. The minimum atomic E-state index is -0.0825. The fraction of sp³-hybridized carbons (Fsp3) is 0.379. The van der Waals surface area contributed by atoms with Crippen molar-refractivity contribution in [2.45, 2.75) is 64.2 Å². The summed E-state index contributed by atoms with van der Waals surface area (Å²) in [4.78, 5) is 23.8. The molecule has 0 saturated heterocycles. The van der Waals surface area contributed by atoms with E-state index in [1.165, 1.54) is 24.5 Å². The second kappa shape index (κ2) is 11.5. The lowest BCUT2D eigenvalue weighted by molar-refractivity contribution is 0.0893. The number of carbonyl (C=O) groups excluding carboxylic acids is 2. The zero-order chi connectivity index (χ0) is 22.1. The number of fused-ring (bicyclic) bond motifs is 1. The van der Waals surface area contributed by atoms with Gasteiger partial charge in [-0.15, -0.1) is 11.8 Å². The van der Waals surface area contributed by atoms with Gasteiger partial charge in [-0.25, -0.2) is 0 Å². The summed E-state index contributed by atoms with van der Waals surface area (Å²) in [5, 5.41) is 0. The Morgan fingerprint density at radius 2 is 1.81 bits per heavy atom. The van der Waals surface area contributed by atoms with E-state index < -0.39 is 0 Å². The van der Waals surface area contributed by atoms with Crippen molar-refractivity contribution in [3.63, 3.8) is 0 Å². The van der Waals surface area contributed by atoms with Gasteiger partial charge in [-0.05, 0) is 61.3 Å². The normalized spacial score (nSPS) is 17.8. The van der Waals surface area contributed by atoms with Gasteiger partial charge in [0.15, 0.2) is 11.6 Å². The summed E-state index contributed by atoms with van der Waals surface area (Å²) in [6.07, 6.45) is 9.72. The van der Waals surface area contributed by atoms with Crippen molar-refractivity contribution in [3.05, 3.63) is 83.4 Å². The third-order valence-electron chi connectivity index (χ3n) is 6.24. The number of hydrogen-bond donors (Lipinski definition) is 0. The van der Waals surface area contributed by atoms with Crippen molar-refractivity contribution in [3.8, 4) is 11.8 Å². The number of hydrogen-bond acceptors (Lipinski definition) is 2. The molecule has 0 aromatic heterocycles. The van der Waals surface area contributed by atoms with Gasteiger partial charge in [0.2, 0.25) is 0 Å². The molecule has 4 rings (SSSR count). The minimum absolute atomic E-state index is 0. The molecule has 31 heavy (non-hydrogen) atoms. The summed E-state index contributed by atoms with van der Waals surface area (Å²) in [6.45, 7) is 5.59. The molecular weight excluding hydrogens is 380 g/mol. The number of ketones is 2. The SMILES string of the molecule is C1#CCCC(c2ccccc2)CC1.C=CC(=O)c1ccc2c(c1)CCC(CCC)C2=O.[HH]. The summed E-state index contributed by atoms with van der Waals surface area (Å²) in [7, 11) is 0. The van der Waals surface area contributed by atoms with Crippen molar-refractivity contribution in [2.75, 3.05) is 0 Å². The van der Waals surface area contributed by atoms with Gasteiger partial charge in [-0.2, -0.15) is 0 Å². The number of rotatable bonds is 5. The molecule has 0 saturated carbocycles. The molecule has 1 atom stereocenters. The summed E-state index contributed by atoms with van der Waals surface area (Å²) >= 11 is 0. The predicted molar refractivity (Wildman–Crippen MR) is 130 cm³/mol. The van der Waals surface area contributed by atoms with Crippen LogP contribution in [-0.4, -0.2) is 11.6 Å². The molecule has 0 spiro atoms. The molecule has 0 N–H and O–H groups in total. The van der Waals surface area contributed by atoms with Gasteiger partial charge >= 0.3 is 0 Å². The Labute approximate surface area is 188 Å². The van der Waals surface area contributed by atoms with Crippen molar-refractivity contribution in [2.24, 2.45) is 5.92 Å². The van der Waals surface area contributed by atoms with Crippen LogP contribution < -0.4 is 0 Å². The topological polar surface area (TPSA) is 34.1 Å². The highest BCUT2D eigenvalue weighted by Crippen LogP contribution is 2.29. The fourth-order valence-electron chi connectivity index (χ4n) is 4.49. The number of benzene rings is 2. The van der Waals surface area contributed by atoms with E-state index in [1.807, 2.05) is 6.07 Å². The Balaban J connectivity index is 0.000000230. The van der Waals surface area contributed by atoms with Crippen LogP contribution in [0.3, 0.4) is 0 Å². The first-order valence-corrected chi connectivity index (χ1v) is 11.5. The van der Waals surface area contributed by atoms with Gasteiger partial charge in [0.25, 0.3) is 0 Å². The second-order valence-corrected chi connectivity index (χ2v) is 8.37. The van der Waals surface area contributed by atoms with Crippen LogP contribution in [0.4, 0.5) is 0 Å². The lowest BCUT2D eigenvalue weighted by Crippen LogP contribution is -2.22. The standard InChI is InChI=1S/C16H18O2.C13H14.H2/c1-3-5-11-6-7-12-10-13(15(17)4-2)8-9-14(12)16(11)18;1-2-5-9-12(8-4-1)13-10-6-3-7-11-13;/h4,8-11H,2-3,5-7H2,1H3;3,6-7,10-12H,4-5,8-9H2;1H. The Hall–Kier alpha value is -2.92. The van der Waals surface area contributed by atoms with E-state index in [4.69, 9.17) is 0 Å².